The zero-order valence-corrected chi connectivity index (χ0v) is 19.5. The molecule has 0 unspecified atom stereocenters. The van der Waals surface area contributed by atoms with Crippen molar-refractivity contribution < 1.29 is 14.7 Å². The maximum atomic E-state index is 13.1. The van der Waals surface area contributed by atoms with Crippen LogP contribution in [0.25, 0.3) is 33.0 Å². The lowest BCUT2D eigenvalue weighted by Gasteiger charge is -2.26. The monoisotopic (exact) mass is 468 g/mol. The lowest BCUT2D eigenvalue weighted by Crippen LogP contribution is -2.31. The predicted molar refractivity (Wildman–Crippen MR) is 137 cm³/mol. The fourth-order valence-corrected chi connectivity index (χ4v) is 5.56. The van der Waals surface area contributed by atoms with Crippen LogP contribution in [0.15, 0.2) is 54.9 Å². The molecule has 7 heteroatoms. The van der Waals surface area contributed by atoms with Gasteiger partial charge in [-0.25, -0.2) is 0 Å². The van der Waals surface area contributed by atoms with Crippen LogP contribution in [0, 0.1) is 0 Å². The summed E-state index contributed by atoms with van der Waals surface area (Å²) in [4.78, 5) is 31.8. The van der Waals surface area contributed by atoms with E-state index in [0.29, 0.717) is 22.3 Å². The molecule has 2 amide bonds. The number of phenolic OH excluding ortho intramolecular Hbond substituents is 1. The Balaban J connectivity index is 1.44. The number of nitrogens with one attached hydrogen (secondary N) is 2. The number of aromatic hydroxyl groups is 1. The lowest BCUT2D eigenvalue weighted by atomic mass is 9.95. The summed E-state index contributed by atoms with van der Waals surface area (Å²) in [5, 5.41) is 14.4. The van der Waals surface area contributed by atoms with E-state index in [1.165, 1.54) is 19.3 Å². The van der Waals surface area contributed by atoms with Crippen LogP contribution in [0.3, 0.4) is 0 Å². The Labute approximate surface area is 203 Å². The van der Waals surface area contributed by atoms with E-state index in [2.05, 4.69) is 19.8 Å². The summed E-state index contributed by atoms with van der Waals surface area (Å²) >= 11 is 0. The number of hydrogen-bond acceptors (Lipinski definition) is 4. The minimum absolute atomic E-state index is 0.129. The molecule has 2 aliphatic rings. The Morgan fingerprint density at radius 2 is 1.63 bits per heavy atom. The summed E-state index contributed by atoms with van der Waals surface area (Å²) in [6.45, 7) is 4.15. The van der Waals surface area contributed by atoms with E-state index < -0.39 is 11.8 Å². The molecule has 1 saturated heterocycles. The molecule has 2 aliphatic heterocycles. The van der Waals surface area contributed by atoms with E-state index in [4.69, 9.17) is 0 Å². The number of H-pyrrole nitrogens is 1. The van der Waals surface area contributed by atoms with Gasteiger partial charge in [-0.1, -0.05) is 24.6 Å². The molecule has 4 aromatic rings. The number of amides is 2. The molecule has 0 spiro atoms. The fourth-order valence-electron chi connectivity index (χ4n) is 5.56. The number of rotatable bonds is 6. The van der Waals surface area contributed by atoms with E-state index >= 15 is 0 Å². The molecular weight excluding hydrogens is 440 g/mol. The summed E-state index contributed by atoms with van der Waals surface area (Å²) in [5.74, 6) is -0.685. The molecule has 0 saturated carbocycles. The van der Waals surface area contributed by atoms with Crippen molar-refractivity contribution in [2.45, 2.75) is 32.2 Å². The molecule has 0 aliphatic carbocycles. The third kappa shape index (κ3) is 3.82. The molecular formula is C28H28N4O3. The summed E-state index contributed by atoms with van der Waals surface area (Å²) in [7, 11) is 0. The number of benzene rings is 2. The Kier molecular flexibility index (Phi) is 5.41. The van der Waals surface area contributed by atoms with Gasteiger partial charge in [0.1, 0.15) is 5.75 Å². The molecule has 3 N–H and O–H groups in total. The highest BCUT2D eigenvalue weighted by Crippen LogP contribution is 2.39. The molecule has 2 aromatic heterocycles. The van der Waals surface area contributed by atoms with Crippen LogP contribution in [-0.4, -0.2) is 51.0 Å². The molecule has 1 fully saturated rings. The number of carbonyl (C=O) groups excluding carboxylic acids is 2. The van der Waals surface area contributed by atoms with Crippen LogP contribution in [0.2, 0.25) is 0 Å². The summed E-state index contributed by atoms with van der Waals surface area (Å²) in [5.41, 5.74) is 3.92. The first-order chi connectivity index (χ1) is 17.1. The van der Waals surface area contributed by atoms with Crippen molar-refractivity contribution in [2.24, 2.45) is 0 Å². The Morgan fingerprint density at radius 1 is 0.857 bits per heavy atom. The minimum Gasteiger partial charge on any atom is -0.508 e. The number of aromatic amines is 1. The van der Waals surface area contributed by atoms with Gasteiger partial charge in [0.05, 0.1) is 11.1 Å². The van der Waals surface area contributed by atoms with Gasteiger partial charge in [-0.15, -0.1) is 0 Å². The van der Waals surface area contributed by atoms with Crippen molar-refractivity contribution >= 4 is 44.8 Å². The number of phenols is 1. The number of likely N-dealkylation sites (tertiary alicyclic amines) is 1. The van der Waals surface area contributed by atoms with Crippen LogP contribution < -0.4 is 5.32 Å². The van der Waals surface area contributed by atoms with Gasteiger partial charge in [-0.05, 0) is 63.2 Å². The highest BCUT2D eigenvalue weighted by atomic mass is 16.3. The lowest BCUT2D eigenvalue weighted by molar-refractivity contribution is -0.122. The molecule has 35 heavy (non-hydrogen) atoms. The predicted octanol–water partition coefficient (Wildman–Crippen LogP) is 4.27. The van der Waals surface area contributed by atoms with Crippen molar-refractivity contribution in [3.8, 4) is 5.75 Å². The number of fused-ring (bicyclic) bond motifs is 2. The van der Waals surface area contributed by atoms with E-state index in [1.807, 2.05) is 36.5 Å². The normalized spacial score (nSPS) is 17.1. The molecule has 4 heterocycles. The van der Waals surface area contributed by atoms with Crippen molar-refractivity contribution in [2.75, 3.05) is 19.6 Å². The van der Waals surface area contributed by atoms with Gasteiger partial charge in [0, 0.05) is 51.9 Å². The fraction of sp³-hybridized carbons (Fsp3) is 0.286. The van der Waals surface area contributed by atoms with Crippen LogP contribution in [-0.2, 0) is 16.1 Å². The Hall–Kier alpha value is -3.84. The van der Waals surface area contributed by atoms with E-state index in [0.717, 1.165) is 54.4 Å². The van der Waals surface area contributed by atoms with Gasteiger partial charge in [0.25, 0.3) is 11.8 Å². The zero-order chi connectivity index (χ0) is 23.9. The summed E-state index contributed by atoms with van der Waals surface area (Å²) in [6.07, 6.45) is 8.59. The number of aryl methyl sites for hydroxylation is 1. The largest absolute Gasteiger partial charge is 0.508 e. The smallest absolute Gasteiger partial charge is 0.259 e. The quantitative estimate of drug-likeness (QED) is 0.369. The first kappa shape index (κ1) is 21.7. The van der Waals surface area contributed by atoms with Crippen molar-refractivity contribution in [3.05, 3.63) is 66.0 Å². The van der Waals surface area contributed by atoms with E-state index in [9.17, 15) is 14.7 Å². The highest BCUT2D eigenvalue weighted by Gasteiger charge is 2.35. The van der Waals surface area contributed by atoms with Crippen LogP contribution in [0.4, 0.5) is 0 Å². The Morgan fingerprint density at radius 3 is 2.46 bits per heavy atom. The number of carbonyl (C=O) groups is 2. The van der Waals surface area contributed by atoms with Gasteiger partial charge < -0.3 is 19.6 Å². The number of hydrogen-bond donors (Lipinski definition) is 3. The second kappa shape index (κ2) is 8.74. The average molecular weight is 469 g/mol. The van der Waals surface area contributed by atoms with Gasteiger partial charge in [0.15, 0.2) is 0 Å². The average Bonchev–Trinajstić information content (AvgIpc) is 3.52. The molecule has 0 atom stereocenters. The number of imide groups is 1. The van der Waals surface area contributed by atoms with Gasteiger partial charge >= 0.3 is 0 Å². The Bertz CT molecular complexity index is 1490. The summed E-state index contributed by atoms with van der Waals surface area (Å²) < 4.78 is 2.14. The van der Waals surface area contributed by atoms with Crippen LogP contribution in [0.5, 0.6) is 5.75 Å². The highest BCUT2D eigenvalue weighted by molar-refractivity contribution is 6.50. The van der Waals surface area contributed by atoms with E-state index in [-0.39, 0.29) is 5.75 Å². The van der Waals surface area contributed by atoms with Crippen molar-refractivity contribution in [1.82, 2.24) is 19.8 Å². The number of piperidine rings is 1. The molecule has 7 nitrogen and oxygen atoms in total. The zero-order valence-electron chi connectivity index (χ0n) is 19.5. The van der Waals surface area contributed by atoms with Crippen molar-refractivity contribution in [1.29, 1.82) is 0 Å². The van der Waals surface area contributed by atoms with Gasteiger partial charge in [-0.2, -0.15) is 0 Å². The first-order valence-corrected chi connectivity index (χ1v) is 12.3. The van der Waals surface area contributed by atoms with Gasteiger partial charge in [0.2, 0.25) is 0 Å². The molecule has 178 valence electrons. The molecule has 0 radical (unpaired) electrons. The SMILES string of the molecule is O=C1NC(=O)C(c2cn(CCCN3CCCCC3)c3ccc(O)cc23)=C1c1c[nH]c2ccccc12. The number of nitrogens with zero attached hydrogens (tertiary/aromatic N) is 2. The van der Waals surface area contributed by atoms with Crippen LogP contribution >= 0.6 is 0 Å². The summed E-state index contributed by atoms with van der Waals surface area (Å²) in [6, 6.07) is 13.0. The van der Waals surface area contributed by atoms with Gasteiger partial charge in [-0.3, -0.25) is 14.9 Å². The third-order valence-electron chi connectivity index (χ3n) is 7.25. The maximum absolute atomic E-state index is 13.1. The standard InChI is InChI=1S/C28H28N4O3/c33-18-9-10-24-20(15-18)22(17-32(24)14-6-13-31-11-4-1-5-12-31)26-25(27(34)30-28(26)35)21-16-29-23-8-3-2-7-19(21)23/h2-3,7-10,15-17,29,33H,1,4-6,11-14H2,(H,30,34,35). The molecule has 2 aromatic carbocycles. The second-order valence-electron chi connectivity index (χ2n) is 9.47. The second-order valence-corrected chi connectivity index (χ2v) is 9.47. The first-order valence-electron chi connectivity index (χ1n) is 12.3. The third-order valence-corrected chi connectivity index (χ3v) is 7.25. The molecule has 6 rings (SSSR count). The van der Waals surface area contributed by atoms with Crippen LogP contribution in [0.1, 0.15) is 36.8 Å². The number of aromatic nitrogens is 2. The maximum Gasteiger partial charge on any atom is 0.259 e. The number of para-hydroxylation sites is 1. The van der Waals surface area contributed by atoms with Crippen molar-refractivity contribution in [3.63, 3.8) is 0 Å². The van der Waals surface area contributed by atoms with E-state index in [1.54, 1.807) is 18.3 Å². The molecule has 0 bridgehead atoms. The minimum atomic E-state index is -0.411. The topological polar surface area (TPSA) is 90.4 Å².